The Morgan fingerprint density at radius 3 is 2.87 bits per heavy atom. The predicted octanol–water partition coefficient (Wildman–Crippen LogP) is 2.60. The van der Waals surface area contributed by atoms with Crippen molar-refractivity contribution in [3.05, 3.63) is 58.6 Å². The third kappa shape index (κ3) is 3.75. The van der Waals surface area contributed by atoms with Gasteiger partial charge in [0.05, 0.1) is 18.2 Å². The molecule has 0 radical (unpaired) electrons. The molecule has 0 saturated carbocycles. The highest BCUT2D eigenvalue weighted by atomic mass is 35.5. The van der Waals surface area contributed by atoms with Crippen LogP contribution in [0.1, 0.15) is 28.8 Å². The Morgan fingerprint density at radius 2 is 2.09 bits per heavy atom. The van der Waals surface area contributed by atoms with Crippen LogP contribution in [-0.4, -0.2) is 24.5 Å². The highest BCUT2D eigenvalue weighted by Crippen LogP contribution is 2.22. The van der Waals surface area contributed by atoms with Crippen LogP contribution in [0, 0.1) is 0 Å². The second kappa shape index (κ2) is 7.17. The Bertz CT molecular complexity index is 705. The normalized spacial score (nSPS) is 13.0. The van der Waals surface area contributed by atoms with E-state index in [1.165, 1.54) is 0 Å². The first kappa shape index (κ1) is 16.1. The minimum absolute atomic E-state index is 0.0615. The fraction of sp³-hybridized carbons (Fsp3) is 0.235. The van der Waals surface area contributed by atoms with Crippen molar-refractivity contribution < 1.29 is 19.2 Å². The van der Waals surface area contributed by atoms with Gasteiger partial charge in [0.25, 0.3) is 0 Å². The SMILES string of the molecule is O=C(CCCOc1ccccc1)c1cc2c(cc1Cl)COB2O. The number of rotatable bonds is 6. The number of Topliss-reactive ketones (excluding diaryl/α,β-unsaturated/α-hetero) is 1. The van der Waals surface area contributed by atoms with Gasteiger partial charge in [0.15, 0.2) is 5.78 Å². The van der Waals surface area contributed by atoms with Crippen LogP contribution in [0.3, 0.4) is 0 Å². The van der Waals surface area contributed by atoms with E-state index in [1.54, 1.807) is 12.1 Å². The maximum Gasteiger partial charge on any atom is 0.491 e. The van der Waals surface area contributed by atoms with Gasteiger partial charge in [-0.1, -0.05) is 29.8 Å². The maximum absolute atomic E-state index is 12.3. The molecule has 0 fully saturated rings. The zero-order valence-corrected chi connectivity index (χ0v) is 13.3. The van der Waals surface area contributed by atoms with E-state index in [0.717, 1.165) is 11.3 Å². The molecule has 0 atom stereocenters. The molecule has 0 bridgehead atoms. The number of ketones is 1. The number of benzene rings is 2. The van der Waals surface area contributed by atoms with Gasteiger partial charge in [-0.3, -0.25) is 4.79 Å². The molecule has 2 aromatic carbocycles. The molecule has 1 aliphatic heterocycles. The number of para-hydroxylation sites is 1. The van der Waals surface area contributed by atoms with Gasteiger partial charge in [-0.25, -0.2) is 0 Å². The summed E-state index contributed by atoms with van der Waals surface area (Å²) >= 11 is 6.17. The molecule has 0 saturated heterocycles. The van der Waals surface area contributed by atoms with Gasteiger partial charge in [-0.05, 0) is 41.7 Å². The molecule has 3 rings (SSSR count). The van der Waals surface area contributed by atoms with Crippen LogP contribution in [0.2, 0.25) is 5.02 Å². The largest absolute Gasteiger partial charge is 0.494 e. The van der Waals surface area contributed by atoms with E-state index < -0.39 is 7.12 Å². The molecular formula is C17H16BClO4. The van der Waals surface area contributed by atoms with E-state index in [2.05, 4.69) is 0 Å². The first-order chi connectivity index (χ1) is 11.1. The average molecular weight is 331 g/mol. The first-order valence-corrected chi connectivity index (χ1v) is 7.86. The molecule has 0 spiro atoms. The van der Waals surface area contributed by atoms with Crippen LogP contribution < -0.4 is 10.2 Å². The maximum atomic E-state index is 12.3. The molecule has 0 amide bonds. The highest BCUT2D eigenvalue weighted by Gasteiger charge is 2.29. The lowest BCUT2D eigenvalue weighted by atomic mass is 9.78. The van der Waals surface area contributed by atoms with E-state index in [9.17, 15) is 9.82 Å². The van der Waals surface area contributed by atoms with E-state index in [1.807, 2.05) is 30.3 Å². The third-order valence-corrected chi connectivity index (χ3v) is 4.06. The lowest BCUT2D eigenvalue weighted by Crippen LogP contribution is -2.29. The summed E-state index contributed by atoms with van der Waals surface area (Å²) < 4.78 is 10.7. The quantitative estimate of drug-likeness (QED) is 0.502. The summed E-state index contributed by atoms with van der Waals surface area (Å²) in [6.45, 7) is 0.777. The minimum atomic E-state index is -0.977. The molecule has 23 heavy (non-hydrogen) atoms. The molecule has 0 unspecified atom stereocenters. The van der Waals surface area contributed by atoms with Gasteiger partial charge in [0.2, 0.25) is 0 Å². The Kier molecular flexibility index (Phi) is 5.01. The molecule has 0 aliphatic carbocycles. The number of hydrogen-bond donors (Lipinski definition) is 1. The first-order valence-electron chi connectivity index (χ1n) is 7.48. The Hall–Kier alpha value is -1.82. The highest BCUT2D eigenvalue weighted by molar-refractivity contribution is 6.61. The van der Waals surface area contributed by atoms with Gasteiger partial charge in [0, 0.05) is 12.0 Å². The van der Waals surface area contributed by atoms with E-state index in [0.29, 0.717) is 42.1 Å². The summed E-state index contributed by atoms with van der Waals surface area (Å²) in [5.74, 6) is 0.726. The van der Waals surface area contributed by atoms with Gasteiger partial charge < -0.3 is 14.4 Å². The van der Waals surface area contributed by atoms with Crippen molar-refractivity contribution in [2.75, 3.05) is 6.61 Å². The fourth-order valence-corrected chi connectivity index (χ4v) is 2.82. The average Bonchev–Trinajstić information content (AvgIpc) is 2.92. The standard InChI is InChI=1S/C17H16BClO4/c19-16-9-12-11-23-18(21)15(12)10-14(16)17(20)7-4-8-22-13-5-2-1-3-6-13/h1-3,5-6,9-10,21H,4,7-8,11H2. The van der Waals surface area contributed by atoms with Crippen molar-refractivity contribution in [1.29, 1.82) is 0 Å². The van der Waals surface area contributed by atoms with Crippen LogP contribution >= 0.6 is 11.6 Å². The summed E-state index contributed by atoms with van der Waals surface area (Å²) in [6, 6.07) is 12.8. The van der Waals surface area contributed by atoms with Crippen molar-refractivity contribution in [1.82, 2.24) is 0 Å². The van der Waals surface area contributed by atoms with Crippen molar-refractivity contribution in [3.8, 4) is 5.75 Å². The van der Waals surface area contributed by atoms with Crippen LogP contribution in [0.25, 0.3) is 0 Å². The summed E-state index contributed by atoms with van der Waals surface area (Å²) in [5.41, 5.74) is 1.87. The number of carbonyl (C=O) groups is 1. The Balaban J connectivity index is 1.57. The van der Waals surface area contributed by atoms with Crippen LogP contribution in [-0.2, 0) is 11.3 Å². The molecule has 0 aromatic heterocycles. The van der Waals surface area contributed by atoms with Crippen molar-refractivity contribution >= 4 is 30.0 Å². The number of halogens is 1. The second-order valence-electron chi connectivity index (χ2n) is 5.38. The molecule has 1 heterocycles. The Labute approximate surface area is 140 Å². The van der Waals surface area contributed by atoms with Crippen molar-refractivity contribution in [3.63, 3.8) is 0 Å². The lowest BCUT2D eigenvalue weighted by Gasteiger charge is -2.08. The predicted molar refractivity (Wildman–Crippen MR) is 89.3 cm³/mol. The van der Waals surface area contributed by atoms with Crippen molar-refractivity contribution in [2.45, 2.75) is 19.4 Å². The molecule has 4 nitrogen and oxygen atoms in total. The van der Waals surface area contributed by atoms with Crippen LogP contribution in [0.15, 0.2) is 42.5 Å². The van der Waals surface area contributed by atoms with Gasteiger partial charge in [-0.2, -0.15) is 0 Å². The van der Waals surface area contributed by atoms with E-state index in [4.69, 9.17) is 21.0 Å². The summed E-state index contributed by atoms with van der Waals surface area (Å²) in [6.07, 6.45) is 0.933. The monoisotopic (exact) mass is 330 g/mol. The second-order valence-corrected chi connectivity index (χ2v) is 5.79. The zero-order valence-electron chi connectivity index (χ0n) is 12.5. The number of carbonyl (C=O) groups excluding carboxylic acids is 1. The number of ether oxygens (including phenoxy) is 1. The number of fused-ring (bicyclic) bond motifs is 1. The van der Waals surface area contributed by atoms with Gasteiger partial charge in [-0.15, -0.1) is 0 Å². The molecule has 1 aliphatic rings. The summed E-state index contributed by atoms with van der Waals surface area (Å²) in [5, 5.41) is 10.1. The lowest BCUT2D eigenvalue weighted by molar-refractivity contribution is 0.0973. The third-order valence-electron chi connectivity index (χ3n) is 3.75. The topological polar surface area (TPSA) is 55.8 Å². The van der Waals surface area contributed by atoms with Crippen LogP contribution in [0.5, 0.6) is 5.75 Å². The number of hydrogen-bond acceptors (Lipinski definition) is 4. The molecule has 6 heteroatoms. The fourth-order valence-electron chi connectivity index (χ4n) is 2.53. The molecule has 1 N–H and O–H groups in total. The molecule has 2 aromatic rings. The van der Waals surface area contributed by atoms with Gasteiger partial charge in [0.1, 0.15) is 5.75 Å². The van der Waals surface area contributed by atoms with E-state index >= 15 is 0 Å². The van der Waals surface area contributed by atoms with Crippen LogP contribution in [0.4, 0.5) is 0 Å². The summed E-state index contributed by atoms with van der Waals surface area (Å²) in [7, 11) is -0.977. The minimum Gasteiger partial charge on any atom is -0.494 e. The van der Waals surface area contributed by atoms with Gasteiger partial charge >= 0.3 is 7.12 Å². The Morgan fingerprint density at radius 1 is 1.30 bits per heavy atom. The smallest absolute Gasteiger partial charge is 0.491 e. The zero-order chi connectivity index (χ0) is 16.2. The van der Waals surface area contributed by atoms with Crippen molar-refractivity contribution in [2.24, 2.45) is 0 Å². The molecule has 118 valence electrons. The summed E-state index contributed by atoms with van der Waals surface area (Å²) in [4.78, 5) is 12.3. The molecular weight excluding hydrogens is 314 g/mol. The van der Waals surface area contributed by atoms with E-state index in [-0.39, 0.29) is 5.78 Å².